The van der Waals surface area contributed by atoms with Gasteiger partial charge in [-0.2, -0.15) is 0 Å². The Balaban J connectivity index is 2.45. The van der Waals surface area contributed by atoms with Gasteiger partial charge in [0, 0.05) is 11.1 Å². The maximum Gasteiger partial charge on any atom is 0.0408 e. The number of hydrogen-bond acceptors (Lipinski definition) is 1. The van der Waals surface area contributed by atoms with E-state index in [0.717, 1.165) is 17.9 Å². The van der Waals surface area contributed by atoms with Gasteiger partial charge in [-0.15, -0.1) is 0 Å². The lowest BCUT2D eigenvalue weighted by molar-refractivity contribution is 0.565. The van der Waals surface area contributed by atoms with Crippen molar-refractivity contribution in [3.05, 3.63) is 34.9 Å². The molecule has 0 saturated heterocycles. The molecule has 13 heavy (non-hydrogen) atoms. The van der Waals surface area contributed by atoms with Gasteiger partial charge in [0.1, 0.15) is 0 Å². The molecule has 1 rings (SSSR count). The largest absolute Gasteiger partial charge is 0.317 e. The molecule has 1 N–H and O–H groups in total. The van der Waals surface area contributed by atoms with Gasteiger partial charge < -0.3 is 5.32 Å². The van der Waals surface area contributed by atoms with Crippen LogP contribution in [0.15, 0.2) is 24.3 Å². The summed E-state index contributed by atoms with van der Waals surface area (Å²) in [6.45, 7) is 2.19. The van der Waals surface area contributed by atoms with Crippen LogP contribution in [0.1, 0.15) is 18.9 Å². The van der Waals surface area contributed by atoms with Crippen LogP contribution in [0.25, 0.3) is 0 Å². The van der Waals surface area contributed by atoms with Crippen molar-refractivity contribution >= 4 is 11.6 Å². The van der Waals surface area contributed by atoms with Crippen LogP contribution in [0.4, 0.5) is 0 Å². The minimum atomic E-state index is 0.569. The first-order valence-electron chi connectivity index (χ1n) is 4.64. The molecular weight excluding hydrogens is 182 g/mol. The van der Waals surface area contributed by atoms with Crippen molar-refractivity contribution in [1.82, 2.24) is 5.32 Å². The summed E-state index contributed by atoms with van der Waals surface area (Å²) in [4.78, 5) is 0. The zero-order chi connectivity index (χ0) is 9.68. The number of aryl methyl sites for hydroxylation is 1. The van der Waals surface area contributed by atoms with Crippen LogP contribution in [-0.2, 0) is 6.42 Å². The average Bonchev–Trinajstić information content (AvgIpc) is 2.14. The van der Waals surface area contributed by atoms with E-state index < -0.39 is 0 Å². The smallest absolute Gasteiger partial charge is 0.0408 e. The SMILES string of the molecule is CNC(C)CCc1cccc(Cl)c1. The van der Waals surface area contributed by atoms with Gasteiger partial charge >= 0.3 is 0 Å². The monoisotopic (exact) mass is 197 g/mol. The fraction of sp³-hybridized carbons (Fsp3) is 0.455. The number of nitrogens with one attached hydrogen (secondary N) is 1. The highest BCUT2D eigenvalue weighted by Gasteiger charge is 1.99. The van der Waals surface area contributed by atoms with Crippen LogP contribution in [0.2, 0.25) is 5.02 Å². The molecule has 1 aromatic rings. The standard InChI is InChI=1S/C11H16ClN/c1-9(13-2)6-7-10-4-3-5-11(12)8-10/h3-5,8-9,13H,6-7H2,1-2H3. The van der Waals surface area contributed by atoms with E-state index in [0.29, 0.717) is 6.04 Å². The summed E-state index contributed by atoms with van der Waals surface area (Å²) < 4.78 is 0. The Bertz CT molecular complexity index is 260. The molecule has 0 fully saturated rings. The highest BCUT2D eigenvalue weighted by molar-refractivity contribution is 6.30. The first-order valence-corrected chi connectivity index (χ1v) is 5.02. The van der Waals surface area contributed by atoms with Crippen LogP contribution in [0.5, 0.6) is 0 Å². The second-order valence-corrected chi connectivity index (χ2v) is 3.79. The van der Waals surface area contributed by atoms with Crippen molar-refractivity contribution < 1.29 is 0 Å². The predicted octanol–water partition coefficient (Wildman–Crippen LogP) is 2.88. The van der Waals surface area contributed by atoms with Crippen LogP contribution in [0, 0.1) is 0 Å². The summed E-state index contributed by atoms with van der Waals surface area (Å²) in [5.41, 5.74) is 1.31. The van der Waals surface area contributed by atoms with Crippen molar-refractivity contribution in [1.29, 1.82) is 0 Å². The van der Waals surface area contributed by atoms with Crippen molar-refractivity contribution in [2.45, 2.75) is 25.8 Å². The fourth-order valence-corrected chi connectivity index (χ4v) is 1.43. The second-order valence-electron chi connectivity index (χ2n) is 3.36. The highest BCUT2D eigenvalue weighted by Crippen LogP contribution is 2.12. The maximum atomic E-state index is 5.88. The van der Waals surface area contributed by atoms with Gasteiger partial charge in [-0.1, -0.05) is 23.7 Å². The van der Waals surface area contributed by atoms with E-state index in [1.165, 1.54) is 5.56 Å². The van der Waals surface area contributed by atoms with Crippen molar-refractivity contribution in [2.75, 3.05) is 7.05 Å². The molecule has 1 aromatic carbocycles. The molecule has 72 valence electrons. The Hall–Kier alpha value is -0.530. The maximum absolute atomic E-state index is 5.88. The van der Waals surface area contributed by atoms with Gasteiger partial charge in [0.25, 0.3) is 0 Å². The summed E-state index contributed by atoms with van der Waals surface area (Å²) in [5.74, 6) is 0. The average molecular weight is 198 g/mol. The Kier molecular flexibility index (Phi) is 4.26. The van der Waals surface area contributed by atoms with E-state index >= 15 is 0 Å². The molecule has 0 aliphatic carbocycles. The van der Waals surface area contributed by atoms with Gasteiger partial charge in [-0.25, -0.2) is 0 Å². The Morgan fingerprint density at radius 2 is 2.23 bits per heavy atom. The molecule has 0 amide bonds. The summed E-state index contributed by atoms with van der Waals surface area (Å²) in [5, 5.41) is 4.05. The van der Waals surface area contributed by atoms with Crippen molar-refractivity contribution in [3.63, 3.8) is 0 Å². The molecule has 2 heteroatoms. The van der Waals surface area contributed by atoms with E-state index in [-0.39, 0.29) is 0 Å². The Morgan fingerprint density at radius 3 is 2.85 bits per heavy atom. The molecule has 0 aliphatic heterocycles. The van der Waals surface area contributed by atoms with E-state index in [4.69, 9.17) is 11.6 Å². The van der Waals surface area contributed by atoms with Crippen LogP contribution < -0.4 is 5.32 Å². The fourth-order valence-electron chi connectivity index (χ4n) is 1.22. The first-order chi connectivity index (χ1) is 6.22. The molecule has 0 aliphatic rings. The third-order valence-corrected chi connectivity index (χ3v) is 2.48. The van der Waals surface area contributed by atoms with Crippen LogP contribution in [-0.4, -0.2) is 13.1 Å². The normalized spacial score (nSPS) is 12.8. The van der Waals surface area contributed by atoms with Crippen LogP contribution in [0.3, 0.4) is 0 Å². The predicted molar refractivity (Wildman–Crippen MR) is 58.3 cm³/mol. The van der Waals surface area contributed by atoms with Gasteiger partial charge in [0.15, 0.2) is 0 Å². The molecule has 0 heterocycles. The molecule has 0 radical (unpaired) electrons. The summed E-state index contributed by atoms with van der Waals surface area (Å²) in [6, 6.07) is 8.63. The zero-order valence-corrected chi connectivity index (χ0v) is 8.93. The lowest BCUT2D eigenvalue weighted by atomic mass is 10.1. The topological polar surface area (TPSA) is 12.0 Å². The highest BCUT2D eigenvalue weighted by atomic mass is 35.5. The molecule has 0 aromatic heterocycles. The van der Waals surface area contributed by atoms with Crippen molar-refractivity contribution in [3.8, 4) is 0 Å². The Morgan fingerprint density at radius 1 is 1.46 bits per heavy atom. The molecule has 1 atom stereocenters. The number of halogens is 1. The Labute approximate surface area is 85.1 Å². The third-order valence-electron chi connectivity index (χ3n) is 2.25. The first kappa shape index (κ1) is 10.6. The third kappa shape index (κ3) is 3.79. The molecular formula is C11H16ClN. The number of rotatable bonds is 4. The van der Waals surface area contributed by atoms with E-state index in [1.54, 1.807) is 0 Å². The molecule has 1 nitrogen and oxygen atoms in total. The lowest BCUT2D eigenvalue weighted by Crippen LogP contribution is -2.21. The van der Waals surface area contributed by atoms with Gasteiger partial charge in [0.05, 0.1) is 0 Å². The van der Waals surface area contributed by atoms with E-state index in [9.17, 15) is 0 Å². The minimum Gasteiger partial charge on any atom is -0.317 e. The molecule has 0 bridgehead atoms. The lowest BCUT2D eigenvalue weighted by Gasteiger charge is -2.09. The van der Waals surface area contributed by atoms with Gasteiger partial charge in [-0.3, -0.25) is 0 Å². The van der Waals surface area contributed by atoms with Crippen molar-refractivity contribution in [2.24, 2.45) is 0 Å². The summed E-state index contributed by atoms with van der Waals surface area (Å²) in [7, 11) is 1.99. The molecule has 0 spiro atoms. The van der Waals surface area contributed by atoms with E-state index in [1.807, 2.05) is 25.2 Å². The van der Waals surface area contributed by atoms with Gasteiger partial charge in [-0.05, 0) is 44.5 Å². The second kappa shape index (κ2) is 5.25. The molecule has 1 unspecified atom stereocenters. The molecule has 0 saturated carbocycles. The summed E-state index contributed by atoms with van der Waals surface area (Å²) >= 11 is 5.88. The summed E-state index contributed by atoms with van der Waals surface area (Å²) in [6.07, 6.45) is 2.24. The number of hydrogen-bond donors (Lipinski definition) is 1. The zero-order valence-electron chi connectivity index (χ0n) is 8.18. The number of benzene rings is 1. The van der Waals surface area contributed by atoms with E-state index in [2.05, 4.69) is 18.3 Å². The quantitative estimate of drug-likeness (QED) is 0.783. The minimum absolute atomic E-state index is 0.569. The van der Waals surface area contributed by atoms with Gasteiger partial charge in [0.2, 0.25) is 0 Å². The van der Waals surface area contributed by atoms with Crippen LogP contribution >= 0.6 is 11.6 Å².